The summed E-state index contributed by atoms with van der Waals surface area (Å²) < 4.78 is 24.9. The fourth-order valence-corrected chi connectivity index (χ4v) is 6.88. The van der Waals surface area contributed by atoms with E-state index < -0.39 is 51.6 Å². The van der Waals surface area contributed by atoms with E-state index in [0.717, 1.165) is 11.1 Å². The van der Waals surface area contributed by atoms with Crippen LogP contribution in [-0.2, 0) is 29.9 Å². The molecule has 5 rings (SSSR count). The Hall–Kier alpha value is -4.50. The number of nitrogens with one attached hydrogen (secondary N) is 1. The van der Waals surface area contributed by atoms with Crippen molar-refractivity contribution in [1.29, 1.82) is 0 Å². The quantitative estimate of drug-likeness (QED) is 0.224. The van der Waals surface area contributed by atoms with Crippen LogP contribution in [0.5, 0.6) is 5.75 Å². The summed E-state index contributed by atoms with van der Waals surface area (Å²) in [6.45, 7) is 5.16. The molecule has 1 saturated heterocycles. The zero-order valence-corrected chi connectivity index (χ0v) is 23.3. The van der Waals surface area contributed by atoms with Gasteiger partial charge in [-0.25, -0.2) is 4.79 Å². The van der Waals surface area contributed by atoms with Gasteiger partial charge in [-0.2, -0.15) is 0 Å². The molecule has 1 N–H and O–H groups in total. The average molecular weight is 571 g/mol. The van der Waals surface area contributed by atoms with Crippen molar-refractivity contribution in [3.8, 4) is 5.75 Å². The molecule has 0 aliphatic carbocycles. The lowest BCUT2D eigenvalue weighted by atomic mass is 9.81. The van der Waals surface area contributed by atoms with Crippen LogP contribution in [0.25, 0.3) is 0 Å². The molecule has 2 aliphatic heterocycles. The maximum absolute atomic E-state index is 14.2. The smallest absolute Gasteiger partial charge is 0.337 e. The van der Waals surface area contributed by atoms with Gasteiger partial charge >= 0.3 is 5.97 Å². The molecule has 2 heterocycles. The van der Waals surface area contributed by atoms with E-state index in [1.807, 2.05) is 66.7 Å². The van der Waals surface area contributed by atoms with Gasteiger partial charge in [0.1, 0.15) is 17.2 Å². The number of nitrogens with zero attached hydrogens (tertiary/aromatic N) is 1. The van der Waals surface area contributed by atoms with Crippen LogP contribution in [0.1, 0.15) is 30.6 Å². The van der Waals surface area contributed by atoms with Crippen LogP contribution in [0, 0.1) is 0 Å². The van der Waals surface area contributed by atoms with Crippen molar-refractivity contribution < 1.29 is 28.1 Å². The molecule has 3 aromatic rings. The Morgan fingerprint density at radius 2 is 1.56 bits per heavy atom. The minimum atomic E-state index is -1.67. The fraction of sp³-hybridized carbons (Fsp3) is 0.219. The van der Waals surface area contributed by atoms with Gasteiger partial charge in [0.05, 0.1) is 10.8 Å². The third-order valence-electron chi connectivity index (χ3n) is 7.27. The lowest BCUT2D eigenvalue weighted by Crippen LogP contribution is -2.80. The van der Waals surface area contributed by atoms with E-state index in [0.29, 0.717) is 11.3 Å². The van der Waals surface area contributed by atoms with Crippen LogP contribution in [0.3, 0.4) is 0 Å². The number of carbonyl (C=O) groups excluding carboxylic acids is 3. The second kappa shape index (κ2) is 11.9. The van der Waals surface area contributed by atoms with Crippen LogP contribution >= 0.6 is 0 Å². The molecule has 2 aliphatic rings. The van der Waals surface area contributed by atoms with Gasteiger partial charge in [-0.15, -0.1) is 6.58 Å². The maximum Gasteiger partial charge on any atom is 0.337 e. The van der Waals surface area contributed by atoms with E-state index in [-0.39, 0.29) is 13.0 Å². The number of esters is 1. The van der Waals surface area contributed by atoms with Crippen LogP contribution < -0.4 is 10.1 Å². The summed E-state index contributed by atoms with van der Waals surface area (Å²) in [7, 11) is -1.67. The first kappa shape index (κ1) is 28.0. The summed E-state index contributed by atoms with van der Waals surface area (Å²) in [6.07, 6.45) is 0.839. The van der Waals surface area contributed by atoms with Gasteiger partial charge in [0, 0.05) is 11.8 Å². The summed E-state index contributed by atoms with van der Waals surface area (Å²) >= 11 is 0. The number of carbonyl (C=O) groups is 3. The van der Waals surface area contributed by atoms with Gasteiger partial charge in [0.15, 0.2) is 18.2 Å². The van der Waals surface area contributed by atoms with Crippen LogP contribution in [0.4, 0.5) is 0 Å². The van der Waals surface area contributed by atoms with E-state index in [2.05, 4.69) is 11.9 Å². The highest BCUT2D eigenvalue weighted by molar-refractivity contribution is 7.88. The number of hydrogen-bond acceptors (Lipinski definition) is 6. The highest BCUT2D eigenvalue weighted by Crippen LogP contribution is 2.45. The van der Waals surface area contributed by atoms with Gasteiger partial charge in [-0.05, 0) is 35.8 Å². The van der Waals surface area contributed by atoms with E-state index >= 15 is 0 Å². The molecule has 0 bridgehead atoms. The number of amides is 2. The first-order valence-corrected chi connectivity index (χ1v) is 14.4. The first-order valence-electron chi connectivity index (χ1n) is 13.2. The number of para-hydroxylation sites is 1. The van der Waals surface area contributed by atoms with E-state index in [1.165, 1.54) is 16.4 Å². The third-order valence-corrected chi connectivity index (χ3v) is 8.82. The molecule has 0 saturated carbocycles. The molecule has 8 nitrogen and oxygen atoms in total. The summed E-state index contributed by atoms with van der Waals surface area (Å²) in [5.41, 5.74) is 0.372. The van der Waals surface area contributed by atoms with Crippen molar-refractivity contribution in [3.05, 3.63) is 126 Å². The minimum Gasteiger partial charge on any atom is -0.484 e. The fourth-order valence-electron chi connectivity index (χ4n) is 5.25. The van der Waals surface area contributed by atoms with Crippen LogP contribution in [-0.4, -0.2) is 50.5 Å². The Morgan fingerprint density at radius 1 is 1.00 bits per heavy atom. The molecule has 210 valence electrons. The molecule has 1 fully saturated rings. The Balaban J connectivity index is 1.41. The molecular formula is C32H30N2O6S. The standard InChI is InChI=1S/C32H30N2O6S/c1-3-19-32(31(37)40-28(23-13-7-4-8-14-23)24-15-9-5-10-16-24)22(2)21-41(38)30-27(29(36)34(30)32)33-26(35)20-39-25-17-11-6-12-18-25/h3-18,21,27-28,30H,1,19-20H2,2H3,(H,33,35)/t27-,30-,32?,41?/m1/s1. The monoisotopic (exact) mass is 570 g/mol. The molecule has 9 heteroatoms. The summed E-state index contributed by atoms with van der Waals surface area (Å²) in [6, 6.07) is 26.4. The van der Waals surface area contributed by atoms with Gasteiger partial charge in [0.25, 0.3) is 11.8 Å². The zero-order valence-electron chi connectivity index (χ0n) is 22.5. The van der Waals surface area contributed by atoms with Crippen molar-refractivity contribution in [2.75, 3.05) is 6.61 Å². The molecular weight excluding hydrogens is 540 g/mol. The van der Waals surface area contributed by atoms with E-state index in [1.54, 1.807) is 31.2 Å². The van der Waals surface area contributed by atoms with Gasteiger partial charge in [0.2, 0.25) is 0 Å². The number of fused-ring (bicyclic) bond motifs is 1. The molecule has 0 radical (unpaired) electrons. The summed E-state index contributed by atoms with van der Waals surface area (Å²) in [5.74, 6) is -1.24. The predicted molar refractivity (Wildman–Crippen MR) is 155 cm³/mol. The summed E-state index contributed by atoms with van der Waals surface area (Å²) in [5, 5.41) is 3.15. The highest BCUT2D eigenvalue weighted by Gasteiger charge is 2.65. The highest BCUT2D eigenvalue weighted by atomic mass is 32.2. The second-order valence-electron chi connectivity index (χ2n) is 9.83. The summed E-state index contributed by atoms with van der Waals surface area (Å²) in [4.78, 5) is 41.7. The Morgan fingerprint density at radius 3 is 2.12 bits per heavy atom. The molecule has 0 aromatic heterocycles. The van der Waals surface area contributed by atoms with E-state index in [9.17, 15) is 18.6 Å². The number of β-lactam (4-membered cyclic amide) rings is 1. The second-order valence-corrected chi connectivity index (χ2v) is 11.2. The maximum atomic E-state index is 14.2. The van der Waals surface area contributed by atoms with Crippen LogP contribution in [0.15, 0.2) is 115 Å². The Labute approximate surface area is 241 Å². The Bertz CT molecular complexity index is 1450. The molecule has 2 unspecified atom stereocenters. The molecule has 3 aromatic carbocycles. The molecule has 4 atom stereocenters. The first-order chi connectivity index (χ1) is 19.9. The normalized spacial score (nSPS) is 23.1. The van der Waals surface area contributed by atoms with Crippen molar-refractivity contribution in [1.82, 2.24) is 10.2 Å². The SMILES string of the molecule is C=CCC1(C(=O)OC(c2ccccc2)c2ccccc2)C(C)=CS(=O)[C@@H]2[C@H](NC(=O)COc3ccccc3)C(=O)N21. The number of benzene rings is 3. The lowest BCUT2D eigenvalue weighted by Gasteiger charge is -2.57. The average Bonchev–Trinajstić information content (AvgIpc) is 3.00. The predicted octanol–water partition coefficient (Wildman–Crippen LogP) is 4.03. The van der Waals surface area contributed by atoms with Gasteiger partial charge in [-0.3, -0.25) is 13.8 Å². The zero-order chi connectivity index (χ0) is 29.0. The molecule has 2 amide bonds. The van der Waals surface area contributed by atoms with Crippen molar-refractivity contribution >= 4 is 28.6 Å². The number of ether oxygens (including phenoxy) is 2. The molecule has 0 spiro atoms. The van der Waals surface area contributed by atoms with Crippen LogP contribution in [0.2, 0.25) is 0 Å². The molecule has 41 heavy (non-hydrogen) atoms. The van der Waals surface area contributed by atoms with Crippen molar-refractivity contribution in [3.63, 3.8) is 0 Å². The van der Waals surface area contributed by atoms with Crippen molar-refractivity contribution in [2.24, 2.45) is 0 Å². The topological polar surface area (TPSA) is 102 Å². The Kier molecular flexibility index (Phi) is 8.16. The number of hydrogen-bond donors (Lipinski definition) is 1. The number of rotatable bonds is 10. The van der Waals surface area contributed by atoms with Gasteiger partial charge < -0.3 is 19.7 Å². The van der Waals surface area contributed by atoms with Crippen molar-refractivity contribution in [2.45, 2.75) is 36.4 Å². The van der Waals surface area contributed by atoms with E-state index in [4.69, 9.17) is 9.47 Å². The largest absolute Gasteiger partial charge is 0.484 e. The minimum absolute atomic E-state index is 0.0433. The lowest BCUT2D eigenvalue weighted by molar-refractivity contribution is -0.175. The third kappa shape index (κ3) is 5.32. The van der Waals surface area contributed by atoms with Gasteiger partial charge in [-0.1, -0.05) is 84.9 Å².